The van der Waals surface area contributed by atoms with Crippen LogP contribution >= 0.6 is 11.3 Å². The zero-order valence-electron chi connectivity index (χ0n) is 10.0. The predicted octanol–water partition coefficient (Wildman–Crippen LogP) is 1.78. The van der Waals surface area contributed by atoms with Crippen LogP contribution in [0.5, 0.6) is 0 Å². The molecule has 0 aromatic carbocycles. The maximum Gasteiger partial charge on any atom is 0.234 e. The van der Waals surface area contributed by atoms with Crippen LogP contribution in [0.1, 0.15) is 37.9 Å². The quantitative estimate of drug-likeness (QED) is 0.834. The van der Waals surface area contributed by atoms with Crippen molar-refractivity contribution in [1.29, 1.82) is 0 Å². The number of rotatable bonds is 3. The summed E-state index contributed by atoms with van der Waals surface area (Å²) in [7, 11) is 0. The summed E-state index contributed by atoms with van der Waals surface area (Å²) in [5, 5.41) is 12.7. The van der Waals surface area contributed by atoms with E-state index in [9.17, 15) is 0 Å². The van der Waals surface area contributed by atoms with Gasteiger partial charge in [-0.15, -0.1) is 10.2 Å². The topological polar surface area (TPSA) is 46.3 Å². The highest BCUT2D eigenvalue weighted by Crippen LogP contribution is 2.19. The van der Waals surface area contributed by atoms with Crippen LogP contribution in [0.2, 0.25) is 0 Å². The molecule has 6 heteroatoms. The SMILES string of the molecule is CC(CN1CCCCC1)c1nnc2scnn12. The third kappa shape index (κ3) is 2.19. The van der Waals surface area contributed by atoms with Gasteiger partial charge in [0.25, 0.3) is 0 Å². The molecule has 0 amide bonds. The molecule has 3 heterocycles. The number of aromatic nitrogens is 4. The van der Waals surface area contributed by atoms with Gasteiger partial charge in [0.05, 0.1) is 0 Å². The molecule has 0 aliphatic carbocycles. The maximum absolute atomic E-state index is 4.28. The summed E-state index contributed by atoms with van der Waals surface area (Å²) >= 11 is 1.54. The van der Waals surface area contributed by atoms with Gasteiger partial charge in [0.15, 0.2) is 5.82 Å². The highest BCUT2D eigenvalue weighted by Gasteiger charge is 2.19. The van der Waals surface area contributed by atoms with E-state index in [0.717, 1.165) is 17.3 Å². The van der Waals surface area contributed by atoms with E-state index in [1.807, 2.05) is 10.0 Å². The summed E-state index contributed by atoms with van der Waals surface area (Å²) in [6.45, 7) is 5.73. The predicted molar refractivity (Wildman–Crippen MR) is 67.4 cm³/mol. The summed E-state index contributed by atoms with van der Waals surface area (Å²) in [6.07, 6.45) is 4.05. The number of hydrogen-bond donors (Lipinski definition) is 0. The van der Waals surface area contributed by atoms with Crippen LogP contribution in [0.4, 0.5) is 0 Å². The second-order valence-corrected chi connectivity index (χ2v) is 5.57. The molecule has 1 unspecified atom stereocenters. The summed E-state index contributed by atoms with van der Waals surface area (Å²) in [5.74, 6) is 1.39. The third-order valence-electron chi connectivity index (χ3n) is 3.38. The van der Waals surface area contributed by atoms with E-state index < -0.39 is 0 Å². The highest BCUT2D eigenvalue weighted by atomic mass is 32.1. The van der Waals surface area contributed by atoms with Gasteiger partial charge in [0.2, 0.25) is 4.96 Å². The lowest BCUT2D eigenvalue weighted by Crippen LogP contribution is -2.33. The minimum Gasteiger partial charge on any atom is -0.303 e. The van der Waals surface area contributed by atoms with Gasteiger partial charge >= 0.3 is 0 Å². The van der Waals surface area contributed by atoms with Crippen LogP contribution in [-0.4, -0.2) is 44.3 Å². The minimum absolute atomic E-state index is 0.394. The molecule has 17 heavy (non-hydrogen) atoms. The summed E-state index contributed by atoms with van der Waals surface area (Å²) < 4.78 is 1.87. The molecule has 0 saturated carbocycles. The standard InChI is InChI=1S/C11H17N5S/c1-9(7-15-5-3-2-4-6-15)10-13-14-11-16(10)12-8-17-11/h8-9H,2-7H2,1H3. The summed E-state index contributed by atoms with van der Waals surface area (Å²) in [4.78, 5) is 3.42. The molecule has 1 aliphatic heterocycles. The van der Waals surface area contributed by atoms with Crippen LogP contribution in [-0.2, 0) is 0 Å². The summed E-state index contributed by atoms with van der Waals surface area (Å²) in [6, 6.07) is 0. The van der Waals surface area contributed by atoms with E-state index in [2.05, 4.69) is 27.1 Å². The second kappa shape index (κ2) is 4.70. The molecule has 0 radical (unpaired) electrons. The smallest absolute Gasteiger partial charge is 0.234 e. The Morgan fingerprint density at radius 2 is 2.12 bits per heavy atom. The first-order chi connectivity index (χ1) is 8.34. The first kappa shape index (κ1) is 11.1. The number of piperidine rings is 1. The van der Waals surface area contributed by atoms with Crippen molar-refractivity contribution in [2.45, 2.75) is 32.1 Å². The molecule has 1 atom stereocenters. The average molecular weight is 251 g/mol. The van der Waals surface area contributed by atoms with Crippen molar-refractivity contribution in [2.24, 2.45) is 0 Å². The van der Waals surface area contributed by atoms with E-state index in [4.69, 9.17) is 0 Å². The Bertz CT molecular complexity index is 485. The molecule has 0 spiro atoms. The van der Waals surface area contributed by atoms with E-state index in [-0.39, 0.29) is 0 Å². The number of fused-ring (bicyclic) bond motifs is 1. The van der Waals surface area contributed by atoms with Crippen molar-refractivity contribution in [2.75, 3.05) is 19.6 Å². The average Bonchev–Trinajstić information content (AvgIpc) is 2.91. The van der Waals surface area contributed by atoms with Gasteiger partial charge in [0, 0.05) is 12.5 Å². The van der Waals surface area contributed by atoms with Crippen molar-refractivity contribution < 1.29 is 0 Å². The Morgan fingerprint density at radius 1 is 1.29 bits per heavy atom. The minimum atomic E-state index is 0.394. The second-order valence-electron chi connectivity index (χ2n) is 4.75. The van der Waals surface area contributed by atoms with Gasteiger partial charge < -0.3 is 4.90 Å². The van der Waals surface area contributed by atoms with Crippen molar-refractivity contribution in [1.82, 2.24) is 24.7 Å². The number of nitrogens with zero attached hydrogens (tertiary/aromatic N) is 5. The molecule has 2 aromatic heterocycles. The van der Waals surface area contributed by atoms with Crippen LogP contribution < -0.4 is 0 Å². The maximum atomic E-state index is 4.28. The molecular formula is C11H17N5S. The van der Waals surface area contributed by atoms with E-state index in [0.29, 0.717) is 5.92 Å². The Labute approximate surface area is 104 Å². The van der Waals surface area contributed by atoms with Crippen LogP contribution in [0.3, 0.4) is 0 Å². The number of hydrogen-bond acceptors (Lipinski definition) is 5. The molecule has 0 N–H and O–H groups in total. The van der Waals surface area contributed by atoms with E-state index in [1.54, 1.807) is 0 Å². The van der Waals surface area contributed by atoms with Crippen LogP contribution in [0.25, 0.3) is 4.96 Å². The molecule has 0 bridgehead atoms. The van der Waals surface area contributed by atoms with Gasteiger partial charge in [-0.05, 0) is 25.9 Å². The molecule has 5 nitrogen and oxygen atoms in total. The highest BCUT2D eigenvalue weighted by molar-refractivity contribution is 7.14. The Kier molecular flexibility index (Phi) is 3.07. The molecule has 3 rings (SSSR count). The molecule has 92 valence electrons. The van der Waals surface area contributed by atoms with Gasteiger partial charge in [-0.25, -0.2) is 0 Å². The Hall–Kier alpha value is -1.01. The lowest BCUT2D eigenvalue weighted by atomic mass is 10.1. The van der Waals surface area contributed by atoms with Crippen molar-refractivity contribution in [3.8, 4) is 0 Å². The first-order valence-corrected chi connectivity index (χ1v) is 7.10. The van der Waals surface area contributed by atoms with E-state index >= 15 is 0 Å². The molecular weight excluding hydrogens is 234 g/mol. The van der Waals surface area contributed by atoms with Crippen molar-refractivity contribution >= 4 is 16.3 Å². The fraction of sp³-hybridized carbons (Fsp3) is 0.727. The van der Waals surface area contributed by atoms with Crippen LogP contribution in [0, 0.1) is 0 Å². The van der Waals surface area contributed by atoms with Gasteiger partial charge in [-0.3, -0.25) is 0 Å². The molecule has 2 aromatic rings. The fourth-order valence-electron chi connectivity index (χ4n) is 2.49. The molecule has 1 aliphatic rings. The monoisotopic (exact) mass is 251 g/mol. The summed E-state index contributed by atoms with van der Waals surface area (Å²) in [5.41, 5.74) is 1.82. The third-order valence-corrected chi connectivity index (χ3v) is 4.04. The van der Waals surface area contributed by atoms with Crippen LogP contribution in [0.15, 0.2) is 5.51 Å². The van der Waals surface area contributed by atoms with Gasteiger partial charge in [-0.1, -0.05) is 24.7 Å². The normalized spacial score (nSPS) is 19.8. The number of likely N-dealkylation sites (tertiary alicyclic amines) is 1. The Balaban J connectivity index is 1.73. The van der Waals surface area contributed by atoms with Gasteiger partial charge in [-0.2, -0.15) is 9.61 Å². The zero-order chi connectivity index (χ0) is 11.7. The largest absolute Gasteiger partial charge is 0.303 e. The van der Waals surface area contributed by atoms with E-state index in [1.165, 1.54) is 43.7 Å². The molecule has 1 fully saturated rings. The first-order valence-electron chi connectivity index (χ1n) is 6.22. The molecule has 1 saturated heterocycles. The van der Waals surface area contributed by atoms with Gasteiger partial charge in [0.1, 0.15) is 5.51 Å². The fourth-order valence-corrected chi connectivity index (χ4v) is 3.06. The van der Waals surface area contributed by atoms with Crippen molar-refractivity contribution in [3.05, 3.63) is 11.3 Å². The van der Waals surface area contributed by atoms with Crippen molar-refractivity contribution in [3.63, 3.8) is 0 Å². The lowest BCUT2D eigenvalue weighted by molar-refractivity contribution is 0.216. The lowest BCUT2D eigenvalue weighted by Gasteiger charge is -2.28. The zero-order valence-corrected chi connectivity index (χ0v) is 10.9. The Morgan fingerprint density at radius 3 is 2.94 bits per heavy atom.